The molecule has 0 saturated heterocycles. The lowest BCUT2D eigenvalue weighted by molar-refractivity contribution is -0.117. The van der Waals surface area contributed by atoms with Crippen LogP contribution in [0.1, 0.15) is 20.3 Å². The summed E-state index contributed by atoms with van der Waals surface area (Å²) in [5, 5.41) is 3.33. The van der Waals surface area contributed by atoms with E-state index >= 15 is 0 Å². The largest absolute Gasteiger partial charge is 0.399 e. The molecule has 16 heavy (non-hydrogen) atoms. The number of hydrogen-bond acceptors (Lipinski definition) is 2. The highest BCUT2D eigenvalue weighted by Gasteiger charge is 2.50. The van der Waals surface area contributed by atoms with E-state index in [9.17, 15) is 4.79 Å². The zero-order valence-corrected chi connectivity index (χ0v) is 10.1. The molecule has 2 rings (SSSR count). The van der Waals surface area contributed by atoms with Crippen molar-refractivity contribution in [3.05, 3.63) is 23.2 Å². The number of carbonyl (C=O) groups excluding carboxylic acids is 1. The predicted octanol–water partition coefficient (Wildman–Crippen LogP) is 2.91. The smallest absolute Gasteiger partial charge is 0.228 e. The van der Waals surface area contributed by atoms with Crippen LogP contribution in [0.4, 0.5) is 11.4 Å². The van der Waals surface area contributed by atoms with E-state index in [-0.39, 0.29) is 17.2 Å². The second-order valence-electron chi connectivity index (χ2n) is 4.97. The third kappa shape index (κ3) is 2.14. The molecule has 0 spiro atoms. The average Bonchev–Trinajstić information content (AvgIpc) is 2.82. The summed E-state index contributed by atoms with van der Waals surface area (Å²) in [5.41, 5.74) is 6.94. The molecule has 86 valence electrons. The van der Waals surface area contributed by atoms with Crippen molar-refractivity contribution in [3.63, 3.8) is 0 Å². The molecule has 1 atom stereocenters. The fourth-order valence-electron chi connectivity index (χ4n) is 1.77. The maximum atomic E-state index is 11.8. The summed E-state index contributed by atoms with van der Waals surface area (Å²) in [7, 11) is 0. The fourth-order valence-corrected chi connectivity index (χ4v) is 1.94. The minimum Gasteiger partial charge on any atom is -0.399 e. The van der Waals surface area contributed by atoms with E-state index in [0.717, 1.165) is 6.42 Å². The first-order valence-corrected chi connectivity index (χ1v) is 5.64. The Labute approximate surface area is 100.0 Å². The molecular formula is C12H15ClN2O. The monoisotopic (exact) mass is 238 g/mol. The molecule has 0 aromatic heterocycles. The summed E-state index contributed by atoms with van der Waals surface area (Å²) in [6.45, 7) is 4.16. The van der Waals surface area contributed by atoms with Gasteiger partial charge in [-0.05, 0) is 30.0 Å². The van der Waals surface area contributed by atoms with E-state index in [0.29, 0.717) is 16.4 Å². The number of rotatable bonds is 2. The highest BCUT2D eigenvalue weighted by atomic mass is 35.5. The second kappa shape index (κ2) is 3.67. The number of nitrogens with two attached hydrogens (primary N) is 1. The van der Waals surface area contributed by atoms with Crippen molar-refractivity contribution in [1.29, 1.82) is 0 Å². The van der Waals surface area contributed by atoms with Crippen LogP contribution in [0.25, 0.3) is 0 Å². The van der Waals surface area contributed by atoms with E-state index in [1.165, 1.54) is 0 Å². The van der Waals surface area contributed by atoms with Gasteiger partial charge in [0.05, 0.1) is 10.7 Å². The maximum Gasteiger partial charge on any atom is 0.228 e. The van der Waals surface area contributed by atoms with Gasteiger partial charge in [-0.3, -0.25) is 4.79 Å². The predicted molar refractivity (Wildman–Crippen MR) is 66.4 cm³/mol. The van der Waals surface area contributed by atoms with Crippen LogP contribution >= 0.6 is 11.6 Å². The Morgan fingerprint density at radius 1 is 1.56 bits per heavy atom. The van der Waals surface area contributed by atoms with Gasteiger partial charge in [0.25, 0.3) is 0 Å². The highest BCUT2D eigenvalue weighted by molar-refractivity contribution is 6.33. The number of halogens is 1. The van der Waals surface area contributed by atoms with Gasteiger partial charge in [0.2, 0.25) is 5.91 Å². The van der Waals surface area contributed by atoms with Crippen molar-refractivity contribution in [1.82, 2.24) is 0 Å². The minimum atomic E-state index is 0.0255. The van der Waals surface area contributed by atoms with Crippen LogP contribution in [0.3, 0.4) is 0 Å². The Bertz CT molecular complexity index is 443. The summed E-state index contributed by atoms with van der Waals surface area (Å²) in [4.78, 5) is 11.8. The van der Waals surface area contributed by atoms with Crippen LogP contribution in [0.5, 0.6) is 0 Å². The van der Waals surface area contributed by atoms with Gasteiger partial charge >= 0.3 is 0 Å². The van der Waals surface area contributed by atoms with E-state index in [1.807, 2.05) is 0 Å². The lowest BCUT2D eigenvalue weighted by atomic mass is 10.1. The molecule has 1 unspecified atom stereocenters. The van der Waals surface area contributed by atoms with Gasteiger partial charge in [-0.2, -0.15) is 0 Å². The molecule has 0 bridgehead atoms. The van der Waals surface area contributed by atoms with Crippen LogP contribution in [-0.4, -0.2) is 5.91 Å². The Morgan fingerprint density at radius 3 is 2.75 bits per heavy atom. The topological polar surface area (TPSA) is 55.1 Å². The van der Waals surface area contributed by atoms with E-state index in [2.05, 4.69) is 19.2 Å². The average molecular weight is 239 g/mol. The van der Waals surface area contributed by atoms with Gasteiger partial charge in [-0.1, -0.05) is 25.4 Å². The standard InChI is InChI=1S/C12H15ClN2O/c1-12(2)6-8(12)11(16)15-10-5-7(14)3-4-9(10)13/h3-5,8H,6,14H2,1-2H3,(H,15,16). The number of anilines is 2. The van der Waals surface area contributed by atoms with Gasteiger partial charge in [-0.25, -0.2) is 0 Å². The van der Waals surface area contributed by atoms with Crippen molar-refractivity contribution in [3.8, 4) is 0 Å². The molecule has 1 aromatic rings. The number of carbonyl (C=O) groups is 1. The summed E-state index contributed by atoms with van der Waals surface area (Å²) < 4.78 is 0. The summed E-state index contributed by atoms with van der Waals surface area (Å²) in [6.07, 6.45) is 0.929. The lowest BCUT2D eigenvalue weighted by Gasteiger charge is -2.08. The summed E-state index contributed by atoms with van der Waals surface area (Å²) >= 11 is 5.97. The molecule has 0 aliphatic heterocycles. The minimum absolute atomic E-state index is 0.0255. The van der Waals surface area contributed by atoms with Gasteiger partial charge in [-0.15, -0.1) is 0 Å². The number of nitrogens with one attached hydrogen (secondary N) is 1. The molecule has 1 aliphatic rings. The van der Waals surface area contributed by atoms with Gasteiger partial charge in [0, 0.05) is 11.6 Å². The van der Waals surface area contributed by atoms with E-state index < -0.39 is 0 Å². The zero-order chi connectivity index (χ0) is 11.9. The van der Waals surface area contributed by atoms with Crippen molar-refractivity contribution in [2.45, 2.75) is 20.3 Å². The van der Waals surface area contributed by atoms with Crippen molar-refractivity contribution in [2.24, 2.45) is 11.3 Å². The molecule has 3 nitrogen and oxygen atoms in total. The maximum absolute atomic E-state index is 11.8. The second-order valence-corrected chi connectivity index (χ2v) is 5.38. The quantitative estimate of drug-likeness (QED) is 0.779. The SMILES string of the molecule is CC1(C)CC1C(=O)Nc1cc(N)ccc1Cl. The first-order valence-electron chi connectivity index (χ1n) is 5.26. The Kier molecular flexibility index (Phi) is 2.58. The normalized spacial score (nSPS) is 21.6. The van der Waals surface area contributed by atoms with Crippen LogP contribution in [0.2, 0.25) is 5.02 Å². The summed E-state index contributed by atoms with van der Waals surface area (Å²) in [6, 6.07) is 5.07. The van der Waals surface area contributed by atoms with E-state index in [4.69, 9.17) is 17.3 Å². The molecular weight excluding hydrogens is 224 g/mol. The number of nitrogen functional groups attached to an aromatic ring is 1. The molecule has 0 heterocycles. The first-order chi connectivity index (χ1) is 7.40. The van der Waals surface area contributed by atoms with Crippen LogP contribution in [-0.2, 0) is 4.79 Å². The number of amides is 1. The number of hydrogen-bond donors (Lipinski definition) is 2. The van der Waals surface area contributed by atoms with Crippen LogP contribution in [0, 0.1) is 11.3 Å². The molecule has 1 aromatic carbocycles. The number of benzene rings is 1. The summed E-state index contributed by atoms with van der Waals surface area (Å²) in [5.74, 6) is 0.113. The van der Waals surface area contributed by atoms with Crippen LogP contribution in [0.15, 0.2) is 18.2 Å². The highest BCUT2D eigenvalue weighted by Crippen LogP contribution is 2.52. The lowest BCUT2D eigenvalue weighted by Crippen LogP contribution is -2.16. The van der Waals surface area contributed by atoms with Gasteiger partial charge in [0.15, 0.2) is 0 Å². The Balaban J connectivity index is 2.10. The van der Waals surface area contributed by atoms with Gasteiger partial charge < -0.3 is 11.1 Å². The van der Waals surface area contributed by atoms with Crippen molar-refractivity contribution in [2.75, 3.05) is 11.1 Å². The molecule has 1 amide bonds. The molecule has 1 fully saturated rings. The third-order valence-corrected chi connectivity index (χ3v) is 3.41. The molecule has 4 heteroatoms. The van der Waals surface area contributed by atoms with Crippen LogP contribution < -0.4 is 11.1 Å². The first kappa shape index (κ1) is 11.3. The molecule has 3 N–H and O–H groups in total. The van der Waals surface area contributed by atoms with Crippen molar-refractivity contribution >= 4 is 28.9 Å². The molecule has 1 aliphatic carbocycles. The van der Waals surface area contributed by atoms with Crippen molar-refractivity contribution < 1.29 is 4.79 Å². The van der Waals surface area contributed by atoms with Gasteiger partial charge in [0.1, 0.15) is 0 Å². The third-order valence-electron chi connectivity index (χ3n) is 3.08. The fraction of sp³-hybridized carbons (Fsp3) is 0.417. The molecule has 0 radical (unpaired) electrons. The Hall–Kier alpha value is -1.22. The Morgan fingerprint density at radius 2 is 2.19 bits per heavy atom. The molecule has 1 saturated carbocycles. The zero-order valence-electron chi connectivity index (χ0n) is 9.38. The van der Waals surface area contributed by atoms with E-state index in [1.54, 1.807) is 18.2 Å².